The number of anilines is 1. The first kappa shape index (κ1) is 22.3. The Kier molecular flexibility index (Phi) is 6.91. The molecule has 0 aliphatic rings. The molecule has 1 heterocycles. The lowest BCUT2D eigenvalue weighted by atomic mass is 10.0. The van der Waals surface area contributed by atoms with Crippen LogP contribution in [0.5, 0.6) is 0 Å². The van der Waals surface area contributed by atoms with Crippen molar-refractivity contribution in [1.82, 2.24) is 15.2 Å². The quantitative estimate of drug-likeness (QED) is 0.535. The summed E-state index contributed by atoms with van der Waals surface area (Å²) in [6, 6.07) is 9.99. The first-order valence-electron chi connectivity index (χ1n) is 9.65. The van der Waals surface area contributed by atoms with Crippen molar-refractivity contribution in [3.63, 3.8) is 0 Å². The molecule has 3 amide bonds. The van der Waals surface area contributed by atoms with Crippen LogP contribution in [0.4, 0.5) is 14.9 Å². The maximum absolute atomic E-state index is 13.4. The molecule has 0 aliphatic carbocycles. The zero-order chi connectivity index (χ0) is 22.5. The SMILES string of the molecule is CNC(=O)CCN(C(=O)Nc1ccc(F)c(Cl)c1)C(C)c1c[nH]c(=O)c2ccccc12. The van der Waals surface area contributed by atoms with Crippen molar-refractivity contribution in [3.8, 4) is 0 Å². The van der Waals surface area contributed by atoms with E-state index in [1.165, 1.54) is 24.1 Å². The number of aromatic nitrogens is 1. The van der Waals surface area contributed by atoms with Crippen molar-refractivity contribution < 1.29 is 14.0 Å². The Morgan fingerprint density at radius 3 is 2.58 bits per heavy atom. The van der Waals surface area contributed by atoms with E-state index in [2.05, 4.69) is 15.6 Å². The van der Waals surface area contributed by atoms with E-state index in [1.807, 2.05) is 12.1 Å². The summed E-state index contributed by atoms with van der Waals surface area (Å²) < 4.78 is 13.4. The normalized spacial score (nSPS) is 11.7. The minimum atomic E-state index is -0.593. The van der Waals surface area contributed by atoms with E-state index in [-0.39, 0.29) is 29.5 Å². The third-order valence-electron chi connectivity index (χ3n) is 5.05. The number of H-pyrrole nitrogens is 1. The topological polar surface area (TPSA) is 94.3 Å². The largest absolute Gasteiger partial charge is 0.359 e. The van der Waals surface area contributed by atoms with Crippen molar-refractivity contribution in [3.05, 3.63) is 75.4 Å². The smallest absolute Gasteiger partial charge is 0.322 e. The lowest BCUT2D eigenvalue weighted by Gasteiger charge is -2.30. The van der Waals surface area contributed by atoms with E-state index in [4.69, 9.17) is 11.6 Å². The maximum Gasteiger partial charge on any atom is 0.322 e. The number of benzene rings is 2. The first-order chi connectivity index (χ1) is 14.8. The molecule has 1 atom stereocenters. The van der Waals surface area contributed by atoms with Crippen molar-refractivity contribution in [2.24, 2.45) is 0 Å². The number of carbonyl (C=O) groups excluding carboxylic acids is 2. The highest BCUT2D eigenvalue weighted by atomic mass is 35.5. The molecule has 0 bridgehead atoms. The van der Waals surface area contributed by atoms with E-state index < -0.39 is 17.9 Å². The van der Waals surface area contributed by atoms with Gasteiger partial charge in [0.1, 0.15) is 5.82 Å². The Morgan fingerprint density at radius 1 is 1.19 bits per heavy atom. The molecule has 3 aromatic rings. The number of amides is 3. The van der Waals surface area contributed by atoms with Crippen LogP contribution < -0.4 is 16.2 Å². The van der Waals surface area contributed by atoms with Gasteiger partial charge in [0.25, 0.3) is 5.56 Å². The van der Waals surface area contributed by atoms with Crippen LogP contribution in [0.25, 0.3) is 10.8 Å². The van der Waals surface area contributed by atoms with Gasteiger partial charge in [0, 0.05) is 37.3 Å². The van der Waals surface area contributed by atoms with Gasteiger partial charge in [-0.05, 0) is 42.1 Å². The number of halogens is 2. The fraction of sp³-hybridized carbons (Fsp3) is 0.227. The second-order valence-corrected chi connectivity index (χ2v) is 7.38. The Bertz CT molecular complexity index is 1180. The molecule has 2 aromatic carbocycles. The van der Waals surface area contributed by atoms with E-state index in [9.17, 15) is 18.8 Å². The minimum Gasteiger partial charge on any atom is -0.359 e. The molecule has 162 valence electrons. The number of hydrogen-bond acceptors (Lipinski definition) is 3. The number of fused-ring (bicyclic) bond motifs is 1. The zero-order valence-corrected chi connectivity index (χ0v) is 17.8. The summed E-state index contributed by atoms with van der Waals surface area (Å²) in [7, 11) is 1.52. The van der Waals surface area contributed by atoms with Gasteiger partial charge in [-0.15, -0.1) is 0 Å². The van der Waals surface area contributed by atoms with Gasteiger partial charge in [-0.25, -0.2) is 9.18 Å². The molecule has 31 heavy (non-hydrogen) atoms. The van der Waals surface area contributed by atoms with E-state index in [0.29, 0.717) is 16.5 Å². The van der Waals surface area contributed by atoms with Gasteiger partial charge in [-0.3, -0.25) is 9.59 Å². The second-order valence-electron chi connectivity index (χ2n) is 6.97. The molecular formula is C22H22ClFN4O3. The fourth-order valence-electron chi connectivity index (χ4n) is 3.33. The lowest BCUT2D eigenvalue weighted by molar-refractivity contribution is -0.120. The Morgan fingerprint density at radius 2 is 1.90 bits per heavy atom. The first-order valence-corrected chi connectivity index (χ1v) is 10.0. The molecule has 0 radical (unpaired) electrons. The van der Waals surface area contributed by atoms with Gasteiger partial charge >= 0.3 is 6.03 Å². The molecule has 0 fully saturated rings. The van der Waals surface area contributed by atoms with Crippen molar-refractivity contribution in [1.29, 1.82) is 0 Å². The summed E-state index contributed by atoms with van der Waals surface area (Å²) in [6.45, 7) is 1.93. The third kappa shape index (κ3) is 5.03. The summed E-state index contributed by atoms with van der Waals surface area (Å²) >= 11 is 5.81. The van der Waals surface area contributed by atoms with E-state index in [0.717, 1.165) is 11.6 Å². The molecule has 1 unspecified atom stereocenters. The molecule has 0 spiro atoms. The highest BCUT2D eigenvalue weighted by Crippen LogP contribution is 2.27. The lowest BCUT2D eigenvalue weighted by Crippen LogP contribution is -2.39. The molecule has 3 rings (SSSR count). The van der Waals surface area contributed by atoms with Crippen LogP contribution in [-0.4, -0.2) is 35.4 Å². The molecule has 9 heteroatoms. The molecule has 0 saturated carbocycles. The fourth-order valence-corrected chi connectivity index (χ4v) is 3.51. The van der Waals surface area contributed by atoms with Gasteiger partial charge in [-0.2, -0.15) is 0 Å². The zero-order valence-electron chi connectivity index (χ0n) is 17.0. The maximum atomic E-state index is 13.4. The van der Waals surface area contributed by atoms with Crippen LogP contribution in [0, 0.1) is 5.82 Å². The van der Waals surface area contributed by atoms with Gasteiger partial charge in [0.2, 0.25) is 5.91 Å². The molecule has 3 N–H and O–H groups in total. The summed E-state index contributed by atoms with van der Waals surface area (Å²) in [5, 5.41) is 6.33. The number of hydrogen-bond donors (Lipinski definition) is 3. The average molecular weight is 445 g/mol. The highest BCUT2D eigenvalue weighted by molar-refractivity contribution is 6.31. The van der Waals surface area contributed by atoms with Crippen LogP contribution in [0.1, 0.15) is 24.9 Å². The molecule has 0 aliphatic heterocycles. The monoisotopic (exact) mass is 444 g/mol. The molecular weight excluding hydrogens is 423 g/mol. The number of rotatable bonds is 6. The number of urea groups is 1. The Labute approximate surface area is 183 Å². The highest BCUT2D eigenvalue weighted by Gasteiger charge is 2.24. The van der Waals surface area contributed by atoms with Gasteiger partial charge < -0.3 is 20.5 Å². The summed E-state index contributed by atoms with van der Waals surface area (Å²) in [5.74, 6) is -0.814. The number of pyridine rings is 1. The van der Waals surface area contributed by atoms with E-state index in [1.54, 1.807) is 25.3 Å². The molecule has 7 nitrogen and oxygen atoms in total. The van der Waals surface area contributed by atoms with Crippen LogP contribution in [0.2, 0.25) is 5.02 Å². The van der Waals surface area contributed by atoms with E-state index >= 15 is 0 Å². The second kappa shape index (κ2) is 9.61. The summed E-state index contributed by atoms with van der Waals surface area (Å²) in [6.07, 6.45) is 1.66. The van der Waals surface area contributed by atoms with Gasteiger partial charge in [-0.1, -0.05) is 29.8 Å². The number of nitrogens with one attached hydrogen (secondary N) is 3. The average Bonchev–Trinajstić information content (AvgIpc) is 2.76. The van der Waals surface area contributed by atoms with Crippen molar-refractivity contribution in [2.75, 3.05) is 18.9 Å². The van der Waals surface area contributed by atoms with Crippen LogP contribution in [0.3, 0.4) is 0 Å². The Balaban J connectivity index is 1.95. The predicted octanol–water partition coefficient (Wildman–Crippen LogP) is 4.05. The van der Waals surface area contributed by atoms with Crippen LogP contribution in [0.15, 0.2) is 53.5 Å². The summed E-state index contributed by atoms with van der Waals surface area (Å²) in [4.78, 5) is 41.3. The minimum absolute atomic E-state index is 0.0831. The van der Waals surface area contributed by atoms with Gasteiger partial charge in [0.15, 0.2) is 0 Å². The number of nitrogens with zero attached hydrogens (tertiary/aromatic N) is 1. The molecule has 0 saturated heterocycles. The summed E-state index contributed by atoms with van der Waals surface area (Å²) in [5.41, 5.74) is 0.813. The van der Waals surface area contributed by atoms with Gasteiger partial charge in [0.05, 0.1) is 11.1 Å². The number of aromatic amines is 1. The van der Waals surface area contributed by atoms with Crippen molar-refractivity contribution in [2.45, 2.75) is 19.4 Å². The predicted molar refractivity (Wildman–Crippen MR) is 119 cm³/mol. The van der Waals surface area contributed by atoms with Crippen LogP contribution >= 0.6 is 11.6 Å². The number of carbonyl (C=O) groups is 2. The Hall–Kier alpha value is -3.39. The standard InChI is InChI=1S/C22H22ClFN4O3/c1-13(17-12-26-21(30)16-6-4-3-5-15(16)17)28(10-9-20(29)25-2)22(31)27-14-7-8-19(24)18(23)11-14/h3-8,11-13H,9-10H2,1-2H3,(H,25,29)(H,26,30)(H,27,31). The van der Waals surface area contributed by atoms with Crippen molar-refractivity contribution >= 4 is 40.0 Å². The molecule has 1 aromatic heterocycles. The third-order valence-corrected chi connectivity index (χ3v) is 5.34. The van der Waals surface area contributed by atoms with Crippen LogP contribution in [-0.2, 0) is 4.79 Å².